The fourth-order valence-corrected chi connectivity index (χ4v) is 6.24. The molecule has 1 rings (SSSR count). The van der Waals surface area contributed by atoms with E-state index in [1.807, 2.05) is 0 Å². The van der Waals surface area contributed by atoms with E-state index in [2.05, 4.69) is 37.5 Å². The molecule has 222 valence electrons. The summed E-state index contributed by atoms with van der Waals surface area (Å²) in [7, 11) is -1.75. The molecule has 0 aliphatic carbocycles. The van der Waals surface area contributed by atoms with Crippen molar-refractivity contribution in [1.82, 2.24) is 9.80 Å². The molecule has 1 N–H and O–H groups in total. The Balaban J connectivity index is 2.27. The number of hydrogen-bond acceptors (Lipinski definition) is 5. The molecule has 5 nitrogen and oxygen atoms in total. The van der Waals surface area contributed by atoms with Crippen LogP contribution >= 0.6 is 8.60 Å². The van der Waals surface area contributed by atoms with E-state index in [-0.39, 0.29) is 0 Å². The van der Waals surface area contributed by atoms with Gasteiger partial charge in [-0.05, 0) is 70.6 Å². The maximum atomic E-state index is 10.3. The van der Waals surface area contributed by atoms with Crippen molar-refractivity contribution in [2.75, 3.05) is 45.9 Å². The molecule has 0 aromatic carbocycles. The number of piperidine rings is 1. The Labute approximate surface area is 233 Å². The molecule has 0 saturated carbocycles. The van der Waals surface area contributed by atoms with Gasteiger partial charge >= 0.3 is 8.60 Å². The van der Waals surface area contributed by atoms with E-state index in [9.17, 15) is 4.89 Å². The van der Waals surface area contributed by atoms with Gasteiger partial charge < -0.3 is 23.7 Å². The molecule has 1 saturated heterocycles. The first kappa shape index (κ1) is 35.3. The third-order valence-electron chi connectivity index (χ3n) is 8.13. The fourth-order valence-electron chi connectivity index (χ4n) is 5.59. The number of rotatable bonds is 26. The SMILES string of the molecule is CCCCCCC(CCCC)COP(O)OCCN1CCC(N(CCCCCC)CCCCCC)CC1. The van der Waals surface area contributed by atoms with E-state index >= 15 is 0 Å². The lowest BCUT2D eigenvalue weighted by atomic mass is 9.96. The van der Waals surface area contributed by atoms with Gasteiger partial charge in [0, 0.05) is 12.6 Å². The molecule has 1 aliphatic rings. The van der Waals surface area contributed by atoms with E-state index in [0.29, 0.717) is 19.1 Å². The van der Waals surface area contributed by atoms with E-state index in [0.717, 1.165) is 25.7 Å². The minimum atomic E-state index is -1.75. The Morgan fingerprint density at radius 2 is 1.27 bits per heavy atom. The maximum absolute atomic E-state index is 10.3. The summed E-state index contributed by atoms with van der Waals surface area (Å²) in [5, 5.41) is 0. The molecule has 0 aromatic rings. The van der Waals surface area contributed by atoms with Crippen LogP contribution in [0, 0.1) is 5.92 Å². The zero-order valence-electron chi connectivity index (χ0n) is 25.4. The predicted molar refractivity (Wildman–Crippen MR) is 162 cm³/mol. The smallest absolute Gasteiger partial charge is 0.328 e. The van der Waals surface area contributed by atoms with Crippen LogP contribution in [0.2, 0.25) is 0 Å². The number of likely N-dealkylation sites (tertiary alicyclic amines) is 1. The van der Waals surface area contributed by atoms with Gasteiger partial charge in [-0.3, -0.25) is 0 Å². The minimum Gasteiger partial charge on any atom is -0.328 e. The van der Waals surface area contributed by atoms with Crippen LogP contribution in [0.15, 0.2) is 0 Å². The lowest BCUT2D eigenvalue weighted by Gasteiger charge is -2.38. The minimum absolute atomic E-state index is 0.559. The average molecular weight is 545 g/mol. The van der Waals surface area contributed by atoms with Crippen LogP contribution < -0.4 is 0 Å². The van der Waals surface area contributed by atoms with Gasteiger partial charge in [-0.2, -0.15) is 0 Å². The number of hydrogen-bond donors (Lipinski definition) is 1. The fraction of sp³-hybridized carbons (Fsp3) is 1.00. The third-order valence-corrected chi connectivity index (χ3v) is 8.91. The van der Waals surface area contributed by atoms with Crippen molar-refractivity contribution < 1.29 is 13.9 Å². The molecular weight excluding hydrogens is 479 g/mol. The first-order valence-electron chi connectivity index (χ1n) is 16.4. The predicted octanol–water partition coefficient (Wildman–Crippen LogP) is 8.94. The summed E-state index contributed by atoms with van der Waals surface area (Å²) >= 11 is 0. The van der Waals surface area contributed by atoms with E-state index in [1.54, 1.807) is 0 Å². The van der Waals surface area contributed by atoms with Crippen LogP contribution in [0.1, 0.15) is 143 Å². The second-order valence-electron chi connectivity index (χ2n) is 11.5. The summed E-state index contributed by atoms with van der Waals surface area (Å²) in [5.74, 6) is 0.559. The molecule has 0 radical (unpaired) electrons. The van der Waals surface area contributed by atoms with Gasteiger partial charge in [0.25, 0.3) is 0 Å². The molecule has 1 fully saturated rings. The molecule has 0 bridgehead atoms. The maximum Gasteiger partial charge on any atom is 0.329 e. The van der Waals surface area contributed by atoms with Gasteiger partial charge in [0.05, 0.1) is 13.2 Å². The van der Waals surface area contributed by atoms with Crippen molar-refractivity contribution in [2.24, 2.45) is 5.92 Å². The zero-order chi connectivity index (χ0) is 27.0. The standard InChI is InChI=1S/C31H65N2O3P/c1-5-9-13-16-20-30(19-12-8-4)29-36-37(34)35-28-27-32-25-21-31(22-26-32)33(23-17-14-10-6-2)24-18-15-11-7-3/h30-31,34H,5-29H2,1-4H3. The summed E-state index contributed by atoms with van der Waals surface area (Å²) in [5.41, 5.74) is 0. The Kier molecular flexibility index (Phi) is 24.0. The number of unbranched alkanes of at least 4 members (excludes halogenated alkanes) is 10. The summed E-state index contributed by atoms with van der Waals surface area (Å²) in [6.45, 7) is 16.1. The second kappa shape index (κ2) is 25.2. The molecular formula is C31H65N2O3P. The monoisotopic (exact) mass is 544 g/mol. The highest BCUT2D eigenvalue weighted by molar-refractivity contribution is 7.40. The zero-order valence-corrected chi connectivity index (χ0v) is 26.3. The highest BCUT2D eigenvalue weighted by Gasteiger charge is 2.24. The van der Waals surface area contributed by atoms with Crippen molar-refractivity contribution in [2.45, 2.75) is 149 Å². The molecule has 0 aromatic heterocycles. The highest BCUT2D eigenvalue weighted by Crippen LogP contribution is 2.34. The van der Waals surface area contributed by atoms with Crippen LogP contribution in [0.4, 0.5) is 0 Å². The van der Waals surface area contributed by atoms with Gasteiger partial charge in [0.2, 0.25) is 0 Å². The molecule has 0 spiro atoms. The molecule has 2 unspecified atom stereocenters. The van der Waals surface area contributed by atoms with Crippen LogP contribution in [0.25, 0.3) is 0 Å². The van der Waals surface area contributed by atoms with E-state index < -0.39 is 8.60 Å². The molecule has 37 heavy (non-hydrogen) atoms. The van der Waals surface area contributed by atoms with Crippen LogP contribution in [-0.4, -0.2) is 66.7 Å². The van der Waals surface area contributed by atoms with Gasteiger partial charge in [-0.1, -0.05) is 105 Å². The van der Waals surface area contributed by atoms with Gasteiger partial charge in [-0.15, -0.1) is 0 Å². The first-order chi connectivity index (χ1) is 18.1. The average Bonchev–Trinajstić information content (AvgIpc) is 2.91. The molecule has 1 aliphatic heterocycles. The summed E-state index contributed by atoms with van der Waals surface area (Å²) in [4.78, 5) is 15.6. The second-order valence-corrected chi connectivity index (χ2v) is 12.4. The Hall–Kier alpha value is 0.230. The van der Waals surface area contributed by atoms with Crippen LogP contribution in [0.3, 0.4) is 0 Å². The molecule has 6 heteroatoms. The summed E-state index contributed by atoms with van der Waals surface area (Å²) in [6, 6.07) is 0.746. The summed E-state index contributed by atoms with van der Waals surface area (Å²) < 4.78 is 11.5. The lowest BCUT2D eigenvalue weighted by molar-refractivity contribution is 0.0909. The first-order valence-corrected chi connectivity index (χ1v) is 17.5. The van der Waals surface area contributed by atoms with Crippen molar-refractivity contribution in [3.63, 3.8) is 0 Å². The lowest BCUT2D eigenvalue weighted by Crippen LogP contribution is -2.46. The largest absolute Gasteiger partial charge is 0.329 e. The van der Waals surface area contributed by atoms with Crippen molar-refractivity contribution in [1.29, 1.82) is 0 Å². The highest BCUT2D eigenvalue weighted by atomic mass is 31.2. The van der Waals surface area contributed by atoms with E-state index in [1.165, 1.54) is 129 Å². The third kappa shape index (κ3) is 19.0. The number of nitrogens with zero attached hydrogens (tertiary/aromatic N) is 2. The van der Waals surface area contributed by atoms with Crippen LogP contribution in [-0.2, 0) is 9.05 Å². The Bertz CT molecular complexity index is 465. The molecule has 1 heterocycles. The van der Waals surface area contributed by atoms with Gasteiger partial charge in [0.1, 0.15) is 0 Å². The van der Waals surface area contributed by atoms with Crippen molar-refractivity contribution >= 4 is 8.60 Å². The van der Waals surface area contributed by atoms with E-state index in [4.69, 9.17) is 9.05 Å². The Morgan fingerprint density at radius 1 is 0.730 bits per heavy atom. The Morgan fingerprint density at radius 3 is 1.84 bits per heavy atom. The normalized spacial score (nSPS) is 17.0. The van der Waals surface area contributed by atoms with Crippen molar-refractivity contribution in [3.8, 4) is 0 Å². The van der Waals surface area contributed by atoms with Crippen LogP contribution in [0.5, 0.6) is 0 Å². The van der Waals surface area contributed by atoms with Gasteiger partial charge in [-0.25, -0.2) is 0 Å². The quantitative estimate of drug-likeness (QED) is 0.0870. The van der Waals surface area contributed by atoms with Crippen molar-refractivity contribution in [3.05, 3.63) is 0 Å². The van der Waals surface area contributed by atoms with Gasteiger partial charge in [0.15, 0.2) is 0 Å². The molecule has 0 amide bonds. The topological polar surface area (TPSA) is 45.2 Å². The summed E-state index contributed by atoms with van der Waals surface area (Å²) in [6.07, 6.45) is 23.5. The molecule has 2 atom stereocenters.